The molecule has 1 unspecified atom stereocenters. The number of allylic oxidation sites excluding steroid dienone is 2. The van der Waals surface area contributed by atoms with Crippen LogP contribution in [0, 0.1) is 5.92 Å². The predicted molar refractivity (Wildman–Crippen MR) is 44.6 cm³/mol. The van der Waals surface area contributed by atoms with Gasteiger partial charge in [-0.2, -0.15) is 13.2 Å². The van der Waals surface area contributed by atoms with E-state index in [0.29, 0.717) is 13.0 Å². The molecule has 0 bridgehead atoms. The van der Waals surface area contributed by atoms with Crippen LogP contribution in [0.4, 0.5) is 17.6 Å². The van der Waals surface area contributed by atoms with Crippen molar-refractivity contribution in [3.8, 4) is 0 Å². The summed E-state index contributed by atoms with van der Waals surface area (Å²) in [6.07, 6.45) is -4.10. The maximum atomic E-state index is 12.9. The van der Waals surface area contributed by atoms with Crippen molar-refractivity contribution in [1.82, 2.24) is 0 Å². The molecule has 14 heavy (non-hydrogen) atoms. The van der Waals surface area contributed by atoms with Gasteiger partial charge in [-0.3, -0.25) is 4.79 Å². The molecule has 5 heteroatoms. The van der Waals surface area contributed by atoms with Gasteiger partial charge in [0, 0.05) is 5.92 Å². The molecule has 82 valence electrons. The van der Waals surface area contributed by atoms with Gasteiger partial charge in [-0.05, 0) is 19.1 Å². The molecular formula is C9H12F4O. The summed E-state index contributed by atoms with van der Waals surface area (Å²) in [4.78, 5) is 10.9. The fourth-order valence-corrected chi connectivity index (χ4v) is 0.526. The summed E-state index contributed by atoms with van der Waals surface area (Å²) >= 11 is 0. The molecule has 0 aromatic rings. The van der Waals surface area contributed by atoms with Crippen molar-refractivity contribution in [1.29, 1.82) is 0 Å². The van der Waals surface area contributed by atoms with Crippen molar-refractivity contribution < 1.29 is 22.4 Å². The molecule has 0 N–H and O–H groups in total. The van der Waals surface area contributed by atoms with Crippen molar-refractivity contribution >= 4 is 5.78 Å². The highest BCUT2D eigenvalue weighted by Crippen LogP contribution is 2.34. The van der Waals surface area contributed by atoms with Gasteiger partial charge in [0.2, 0.25) is 5.67 Å². The monoisotopic (exact) mass is 212 g/mol. The number of halogens is 4. The van der Waals surface area contributed by atoms with Crippen LogP contribution in [0.1, 0.15) is 20.8 Å². The lowest BCUT2D eigenvalue weighted by atomic mass is 10.0. The third-order valence-corrected chi connectivity index (χ3v) is 1.68. The molecule has 0 radical (unpaired) electrons. The Labute approximate surface area is 79.8 Å². The van der Waals surface area contributed by atoms with E-state index in [0.717, 1.165) is 0 Å². The third-order valence-electron chi connectivity index (χ3n) is 1.68. The fourth-order valence-electron chi connectivity index (χ4n) is 0.526. The highest BCUT2D eigenvalue weighted by molar-refractivity contribution is 5.91. The van der Waals surface area contributed by atoms with Gasteiger partial charge in [0.05, 0.1) is 0 Å². The Bertz CT molecular complexity index is 238. The molecule has 1 atom stereocenters. The molecule has 0 aliphatic carbocycles. The summed E-state index contributed by atoms with van der Waals surface area (Å²) in [6, 6.07) is 0. The highest BCUT2D eigenvalue weighted by atomic mass is 19.4. The van der Waals surface area contributed by atoms with Gasteiger partial charge in [0.15, 0.2) is 5.78 Å². The minimum Gasteiger partial charge on any atom is -0.295 e. The maximum Gasteiger partial charge on any atom is 0.425 e. The molecule has 0 aromatic carbocycles. The summed E-state index contributed by atoms with van der Waals surface area (Å²) in [6.45, 7) is 3.42. The summed E-state index contributed by atoms with van der Waals surface area (Å²) < 4.78 is 48.7. The van der Waals surface area contributed by atoms with E-state index in [2.05, 4.69) is 0 Å². The average molecular weight is 212 g/mol. The Hall–Kier alpha value is -0.870. The second-order valence-corrected chi connectivity index (χ2v) is 3.46. The SMILES string of the molecule is CC(C)C(=O)/C=C/C(C)(F)C(F)(F)F. The zero-order valence-corrected chi connectivity index (χ0v) is 8.15. The Kier molecular flexibility index (Phi) is 3.85. The minimum atomic E-state index is -4.99. The molecule has 0 saturated carbocycles. The predicted octanol–water partition coefficient (Wildman–Crippen LogP) is 3.06. The number of carbonyl (C=O) groups excluding carboxylic acids is 1. The molecule has 0 rings (SSSR count). The number of carbonyl (C=O) groups is 1. The van der Waals surface area contributed by atoms with E-state index >= 15 is 0 Å². The zero-order chi connectivity index (χ0) is 11.6. The number of ketones is 1. The molecule has 0 heterocycles. The second kappa shape index (κ2) is 4.11. The van der Waals surface area contributed by atoms with Crippen LogP contribution in [0.3, 0.4) is 0 Å². The Morgan fingerprint density at radius 1 is 1.21 bits per heavy atom. The van der Waals surface area contributed by atoms with E-state index in [4.69, 9.17) is 0 Å². The zero-order valence-electron chi connectivity index (χ0n) is 8.15. The molecule has 1 nitrogen and oxygen atoms in total. The third kappa shape index (κ3) is 3.47. The van der Waals surface area contributed by atoms with Crippen LogP contribution in [0.2, 0.25) is 0 Å². The lowest BCUT2D eigenvalue weighted by Crippen LogP contribution is -2.35. The topological polar surface area (TPSA) is 17.1 Å². The van der Waals surface area contributed by atoms with Crippen molar-refractivity contribution in [2.24, 2.45) is 5.92 Å². The Balaban J connectivity index is 4.60. The largest absolute Gasteiger partial charge is 0.425 e. The van der Waals surface area contributed by atoms with Gasteiger partial charge in [-0.1, -0.05) is 13.8 Å². The van der Waals surface area contributed by atoms with Gasteiger partial charge in [0.25, 0.3) is 0 Å². The highest BCUT2D eigenvalue weighted by Gasteiger charge is 2.50. The number of hydrogen-bond acceptors (Lipinski definition) is 1. The minimum absolute atomic E-state index is 0.245. The number of hydrogen-bond donors (Lipinski definition) is 0. The van der Waals surface area contributed by atoms with Crippen LogP contribution < -0.4 is 0 Å². The van der Waals surface area contributed by atoms with Gasteiger partial charge in [-0.25, -0.2) is 4.39 Å². The van der Waals surface area contributed by atoms with Gasteiger partial charge < -0.3 is 0 Å². The molecule has 0 spiro atoms. The van der Waals surface area contributed by atoms with Crippen LogP contribution in [0.15, 0.2) is 12.2 Å². The van der Waals surface area contributed by atoms with Crippen LogP contribution in [0.5, 0.6) is 0 Å². The summed E-state index contributed by atoms with van der Waals surface area (Å²) in [5.74, 6) is -0.964. The van der Waals surface area contributed by atoms with Crippen LogP contribution >= 0.6 is 0 Å². The smallest absolute Gasteiger partial charge is 0.295 e. The van der Waals surface area contributed by atoms with Crippen LogP contribution in [0.25, 0.3) is 0 Å². The Morgan fingerprint density at radius 3 is 1.93 bits per heavy atom. The lowest BCUT2D eigenvalue weighted by Gasteiger charge is -2.19. The van der Waals surface area contributed by atoms with Crippen molar-refractivity contribution in [2.75, 3.05) is 0 Å². The first-order chi connectivity index (χ1) is 6.08. The summed E-state index contributed by atoms with van der Waals surface area (Å²) in [5.41, 5.74) is -3.45. The lowest BCUT2D eigenvalue weighted by molar-refractivity contribution is -0.205. The normalized spacial score (nSPS) is 17.4. The Morgan fingerprint density at radius 2 is 1.64 bits per heavy atom. The molecule has 0 saturated heterocycles. The van der Waals surface area contributed by atoms with Crippen molar-refractivity contribution in [3.63, 3.8) is 0 Å². The van der Waals surface area contributed by atoms with Gasteiger partial charge in [-0.15, -0.1) is 0 Å². The molecular weight excluding hydrogens is 200 g/mol. The van der Waals surface area contributed by atoms with Crippen molar-refractivity contribution in [3.05, 3.63) is 12.2 Å². The maximum absolute atomic E-state index is 12.9. The van der Waals surface area contributed by atoms with Crippen LogP contribution in [-0.4, -0.2) is 17.6 Å². The average Bonchev–Trinajstić information content (AvgIpc) is 1.97. The molecule has 0 fully saturated rings. The van der Waals surface area contributed by atoms with Crippen LogP contribution in [-0.2, 0) is 4.79 Å². The van der Waals surface area contributed by atoms with Crippen molar-refractivity contribution in [2.45, 2.75) is 32.6 Å². The fraction of sp³-hybridized carbons (Fsp3) is 0.667. The number of alkyl halides is 4. The molecule has 0 aliphatic heterocycles. The molecule has 0 aliphatic rings. The quantitative estimate of drug-likeness (QED) is 0.519. The van der Waals surface area contributed by atoms with E-state index < -0.39 is 23.5 Å². The first-order valence-electron chi connectivity index (χ1n) is 4.06. The standard InChI is InChI=1S/C9H12F4O/c1-6(2)7(14)4-5-8(3,10)9(11,12)13/h4-6H,1-3H3/b5-4+. The van der Waals surface area contributed by atoms with E-state index in [1.165, 1.54) is 13.8 Å². The van der Waals surface area contributed by atoms with Gasteiger partial charge >= 0.3 is 6.18 Å². The number of rotatable bonds is 3. The van der Waals surface area contributed by atoms with E-state index in [1.807, 2.05) is 0 Å². The van der Waals surface area contributed by atoms with E-state index in [1.54, 1.807) is 0 Å². The summed E-state index contributed by atoms with van der Waals surface area (Å²) in [7, 11) is 0. The second-order valence-electron chi connectivity index (χ2n) is 3.46. The first-order valence-corrected chi connectivity index (χ1v) is 4.06. The summed E-state index contributed by atoms with van der Waals surface area (Å²) in [5, 5.41) is 0. The molecule has 0 amide bonds. The molecule has 0 aromatic heterocycles. The van der Waals surface area contributed by atoms with E-state index in [9.17, 15) is 22.4 Å². The van der Waals surface area contributed by atoms with Gasteiger partial charge in [0.1, 0.15) is 0 Å². The first kappa shape index (κ1) is 13.1. The van der Waals surface area contributed by atoms with E-state index in [-0.39, 0.29) is 6.08 Å².